The van der Waals surface area contributed by atoms with Crippen LogP contribution >= 0.6 is 31.9 Å². The summed E-state index contributed by atoms with van der Waals surface area (Å²) in [6.07, 6.45) is 1.35. The molecule has 2 N–H and O–H groups in total. The Balaban J connectivity index is 1.82. The molecule has 0 unspecified atom stereocenters. The lowest BCUT2D eigenvalue weighted by molar-refractivity contribution is -0.119. The fourth-order valence-electron chi connectivity index (χ4n) is 2.81. The monoisotopic (exact) mass is 595 g/mol. The van der Waals surface area contributed by atoms with E-state index in [2.05, 4.69) is 42.4 Å². The lowest BCUT2D eigenvalue weighted by Crippen LogP contribution is -2.39. The van der Waals surface area contributed by atoms with Crippen LogP contribution in [0.1, 0.15) is 5.56 Å². The van der Waals surface area contributed by atoms with Gasteiger partial charge in [0.15, 0.2) is 11.5 Å². The van der Waals surface area contributed by atoms with Crippen LogP contribution in [-0.4, -0.2) is 39.3 Å². The van der Waals surface area contributed by atoms with Gasteiger partial charge < -0.3 is 9.84 Å². The van der Waals surface area contributed by atoms with Crippen LogP contribution in [0.2, 0.25) is 0 Å². The fraction of sp³-hybridized carbons (Fsp3) is 0.0909. The number of rotatable bonds is 8. The molecule has 0 saturated heterocycles. The highest BCUT2D eigenvalue weighted by molar-refractivity contribution is 9.10. The molecule has 0 saturated carbocycles. The number of hydrazone groups is 1. The molecule has 0 aliphatic heterocycles. The van der Waals surface area contributed by atoms with Crippen LogP contribution in [0, 0.1) is 0 Å². The molecule has 0 fully saturated rings. The van der Waals surface area contributed by atoms with E-state index >= 15 is 0 Å². The Morgan fingerprint density at radius 1 is 1.12 bits per heavy atom. The quantitative estimate of drug-likeness (QED) is 0.298. The van der Waals surface area contributed by atoms with Crippen molar-refractivity contribution in [3.63, 3.8) is 0 Å². The molecule has 1 amide bonds. The minimum absolute atomic E-state index is 0.0602. The lowest BCUT2D eigenvalue weighted by atomic mass is 10.2. The Labute approximate surface area is 208 Å². The van der Waals surface area contributed by atoms with Gasteiger partial charge in [-0.05, 0) is 70.0 Å². The van der Waals surface area contributed by atoms with Gasteiger partial charge in [-0.25, -0.2) is 13.8 Å². The largest absolute Gasteiger partial charge is 0.503 e. The van der Waals surface area contributed by atoms with Crippen LogP contribution in [0.15, 0.2) is 85.7 Å². The molecule has 3 aromatic rings. The molecule has 0 radical (unpaired) electrons. The van der Waals surface area contributed by atoms with Crippen molar-refractivity contribution in [2.24, 2.45) is 5.10 Å². The summed E-state index contributed by atoms with van der Waals surface area (Å²) in [5.74, 6) is -0.471. The van der Waals surface area contributed by atoms with Crippen LogP contribution < -0.4 is 14.5 Å². The van der Waals surface area contributed by atoms with E-state index in [9.17, 15) is 18.3 Å². The van der Waals surface area contributed by atoms with Crippen LogP contribution in [0.25, 0.3) is 0 Å². The molecule has 172 valence electrons. The predicted molar refractivity (Wildman–Crippen MR) is 133 cm³/mol. The number of nitrogens with one attached hydrogen (secondary N) is 1. The van der Waals surface area contributed by atoms with E-state index in [1.807, 2.05) is 0 Å². The number of benzene rings is 3. The Kier molecular flexibility index (Phi) is 8.11. The summed E-state index contributed by atoms with van der Waals surface area (Å²) in [6, 6.07) is 17.6. The molecule has 3 rings (SSSR count). The molecule has 8 nitrogen and oxygen atoms in total. The first-order valence-electron chi connectivity index (χ1n) is 9.44. The zero-order chi connectivity index (χ0) is 24.0. The SMILES string of the molecule is COc1cc(/C=N\NC(=O)CN(c2ccc(Br)cc2)S(=O)(=O)c2ccccc2)cc(Br)c1O. The zero-order valence-corrected chi connectivity index (χ0v) is 21.3. The molecule has 0 atom stereocenters. The molecule has 0 aliphatic carbocycles. The standard InChI is InChI=1S/C22H19Br2N3O5S/c1-32-20-12-15(11-19(24)22(20)29)13-25-26-21(28)14-27(17-9-7-16(23)8-10-17)33(30,31)18-5-3-2-4-6-18/h2-13,29H,14H2,1H3,(H,26,28)/b25-13-. The third-order valence-electron chi connectivity index (χ3n) is 4.41. The van der Waals surface area contributed by atoms with Crippen molar-refractivity contribution in [3.8, 4) is 11.5 Å². The summed E-state index contributed by atoms with van der Waals surface area (Å²) < 4.78 is 33.7. The molecule has 11 heteroatoms. The molecule has 33 heavy (non-hydrogen) atoms. The number of carbonyl (C=O) groups excluding carboxylic acids is 1. The summed E-state index contributed by atoms with van der Waals surface area (Å²) in [7, 11) is -2.59. The smallest absolute Gasteiger partial charge is 0.264 e. The van der Waals surface area contributed by atoms with E-state index in [1.165, 1.54) is 31.5 Å². The number of ether oxygens (including phenoxy) is 1. The van der Waals surface area contributed by atoms with Gasteiger partial charge in [-0.2, -0.15) is 5.10 Å². The highest BCUT2D eigenvalue weighted by atomic mass is 79.9. The van der Waals surface area contributed by atoms with Gasteiger partial charge >= 0.3 is 0 Å². The highest BCUT2D eigenvalue weighted by Gasteiger charge is 2.27. The second-order valence-corrected chi connectivity index (χ2v) is 10.3. The first-order chi connectivity index (χ1) is 15.7. The van der Waals surface area contributed by atoms with Crippen LogP contribution in [0.3, 0.4) is 0 Å². The number of carbonyl (C=O) groups is 1. The van der Waals surface area contributed by atoms with E-state index in [0.29, 0.717) is 15.7 Å². The summed E-state index contributed by atoms with van der Waals surface area (Å²) in [5.41, 5.74) is 3.20. The molecule has 0 aliphatic rings. The molecule has 0 heterocycles. The summed E-state index contributed by atoms with van der Waals surface area (Å²) in [4.78, 5) is 12.7. The molecular formula is C22H19Br2N3O5S. The van der Waals surface area contributed by atoms with Crippen LogP contribution in [0.5, 0.6) is 11.5 Å². The lowest BCUT2D eigenvalue weighted by Gasteiger charge is -2.23. The molecule has 0 spiro atoms. The van der Waals surface area contributed by atoms with E-state index < -0.39 is 22.5 Å². The van der Waals surface area contributed by atoms with Crippen molar-refractivity contribution in [2.45, 2.75) is 4.90 Å². The van der Waals surface area contributed by atoms with Gasteiger partial charge in [0.25, 0.3) is 15.9 Å². The maximum Gasteiger partial charge on any atom is 0.264 e. The number of amides is 1. The number of aromatic hydroxyl groups is 1. The fourth-order valence-corrected chi connectivity index (χ4v) is 4.98. The van der Waals surface area contributed by atoms with E-state index in [1.54, 1.807) is 48.5 Å². The third kappa shape index (κ3) is 6.12. The van der Waals surface area contributed by atoms with Crippen LogP contribution in [-0.2, 0) is 14.8 Å². The third-order valence-corrected chi connectivity index (χ3v) is 7.33. The normalized spacial score (nSPS) is 11.4. The minimum atomic E-state index is -4.00. The Morgan fingerprint density at radius 2 is 1.79 bits per heavy atom. The first kappa shape index (κ1) is 24.7. The minimum Gasteiger partial charge on any atom is -0.503 e. The van der Waals surface area contributed by atoms with Crippen LogP contribution in [0.4, 0.5) is 5.69 Å². The zero-order valence-electron chi connectivity index (χ0n) is 17.3. The van der Waals surface area contributed by atoms with Crippen molar-refractivity contribution >= 4 is 59.7 Å². The van der Waals surface area contributed by atoms with Crippen molar-refractivity contribution in [3.05, 3.63) is 81.2 Å². The van der Waals surface area contributed by atoms with Gasteiger partial charge in [0.2, 0.25) is 0 Å². The van der Waals surface area contributed by atoms with Crippen molar-refractivity contribution in [2.75, 3.05) is 18.0 Å². The van der Waals surface area contributed by atoms with E-state index in [0.717, 1.165) is 8.78 Å². The Hall–Kier alpha value is -2.89. The number of phenolic OH excluding ortho intramolecular Hbond substituents is 1. The highest BCUT2D eigenvalue weighted by Crippen LogP contribution is 2.34. The molecule has 0 aromatic heterocycles. The van der Waals surface area contributed by atoms with E-state index in [4.69, 9.17) is 4.74 Å². The maximum absolute atomic E-state index is 13.2. The topological polar surface area (TPSA) is 108 Å². The van der Waals surface area contributed by atoms with Gasteiger partial charge in [0.1, 0.15) is 6.54 Å². The first-order valence-corrected chi connectivity index (χ1v) is 12.5. The Morgan fingerprint density at radius 3 is 2.42 bits per heavy atom. The summed E-state index contributed by atoms with van der Waals surface area (Å²) in [6.45, 7) is -0.487. The number of hydrogen-bond acceptors (Lipinski definition) is 6. The number of anilines is 1. The average molecular weight is 597 g/mol. The molecular weight excluding hydrogens is 578 g/mol. The van der Waals surface area contributed by atoms with Gasteiger partial charge in [-0.1, -0.05) is 34.1 Å². The van der Waals surface area contributed by atoms with Crippen molar-refractivity contribution in [1.29, 1.82) is 0 Å². The molecule has 0 bridgehead atoms. The van der Waals surface area contributed by atoms with Gasteiger partial charge in [0.05, 0.1) is 28.4 Å². The number of hydrogen-bond donors (Lipinski definition) is 2. The van der Waals surface area contributed by atoms with Gasteiger partial charge in [0, 0.05) is 4.47 Å². The van der Waals surface area contributed by atoms with Crippen molar-refractivity contribution in [1.82, 2.24) is 5.43 Å². The average Bonchev–Trinajstić information content (AvgIpc) is 2.81. The summed E-state index contributed by atoms with van der Waals surface area (Å²) >= 11 is 6.53. The number of halogens is 2. The van der Waals surface area contributed by atoms with Gasteiger partial charge in [-0.3, -0.25) is 9.10 Å². The number of methoxy groups -OCH3 is 1. The Bertz CT molecular complexity index is 1270. The number of nitrogens with zero attached hydrogens (tertiary/aromatic N) is 2. The maximum atomic E-state index is 13.2. The second kappa shape index (κ2) is 10.8. The van der Waals surface area contributed by atoms with E-state index in [-0.39, 0.29) is 16.4 Å². The van der Waals surface area contributed by atoms with Crippen molar-refractivity contribution < 1.29 is 23.1 Å². The number of phenols is 1. The second-order valence-electron chi connectivity index (χ2n) is 6.65. The predicted octanol–water partition coefficient (Wildman–Crippen LogP) is 4.27. The van der Waals surface area contributed by atoms with Gasteiger partial charge in [-0.15, -0.1) is 0 Å². The summed E-state index contributed by atoms with van der Waals surface area (Å²) in [5, 5.41) is 13.8. The number of sulfonamides is 1. The molecule has 3 aromatic carbocycles.